The molecule has 3 aromatic carbocycles. The Morgan fingerprint density at radius 1 is 0.892 bits per heavy atom. The van der Waals surface area contributed by atoms with E-state index in [0.717, 1.165) is 28.9 Å². The van der Waals surface area contributed by atoms with Gasteiger partial charge in [0, 0.05) is 23.7 Å². The number of carboxylic acid groups (broad SMARTS) is 1. The van der Waals surface area contributed by atoms with Crippen molar-refractivity contribution in [3.8, 4) is 22.6 Å². The van der Waals surface area contributed by atoms with Crippen molar-refractivity contribution in [2.75, 3.05) is 13.7 Å². The lowest BCUT2D eigenvalue weighted by Crippen LogP contribution is -2.26. The Bertz CT molecular complexity index is 1180. The second-order valence-electron chi connectivity index (χ2n) is 9.90. The van der Waals surface area contributed by atoms with Crippen molar-refractivity contribution in [3.63, 3.8) is 0 Å². The molecule has 6 heteroatoms. The minimum absolute atomic E-state index is 0.0920. The van der Waals surface area contributed by atoms with Crippen LogP contribution in [-0.2, 0) is 4.79 Å². The van der Waals surface area contributed by atoms with Crippen LogP contribution in [0, 0.1) is 5.92 Å². The molecule has 3 rings (SSSR count). The minimum atomic E-state index is -0.946. The van der Waals surface area contributed by atoms with E-state index in [4.69, 9.17) is 14.6 Å². The zero-order valence-electron chi connectivity index (χ0n) is 22.3. The normalized spacial score (nSPS) is 11.9. The fraction of sp³-hybridized carbons (Fsp3) is 0.355. The number of hydrogen-bond donors (Lipinski definition) is 2. The maximum atomic E-state index is 12.3. The number of methoxy groups -OCH3 is 1. The minimum Gasteiger partial charge on any atom is -0.496 e. The molecule has 1 atom stereocenters. The van der Waals surface area contributed by atoms with E-state index in [9.17, 15) is 9.59 Å². The summed E-state index contributed by atoms with van der Waals surface area (Å²) in [7, 11) is 1.66. The lowest BCUT2D eigenvalue weighted by Gasteiger charge is -2.22. The monoisotopic (exact) mass is 503 g/mol. The van der Waals surface area contributed by atoms with E-state index < -0.39 is 5.97 Å². The van der Waals surface area contributed by atoms with Crippen molar-refractivity contribution in [2.24, 2.45) is 5.92 Å². The first-order chi connectivity index (χ1) is 17.7. The summed E-state index contributed by atoms with van der Waals surface area (Å²) < 4.78 is 12.2. The quantitative estimate of drug-likeness (QED) is 0.282. The van der Waals surface area contributed by atoms with E-state index in [1.165, 1.54) is 5.56 Å². The van der Waals surface area contributed by atoms with Crippen LogP contribution in [0.2, 0.25) is 0 Å². The fourth-order valence-corrected chi connectivity index (χ4v) is 4.11. The summed E-state index contributed by atoms with van der Waals surface area (Å²) in [5, 5.41) is 11.4. The maximum absolute atomic E-state index is 12.3. The molecule has 0 aliphatic rings. The van der Waals surface area contributed by atoms with Crippen LogP contribution >= 0.6 is 0 Å². The highest BCUT2D eigenvalue weighted by Gasteiger charge is 2.18. The van der Waals surface area contributed by atoms with Crippen molar-refractivity contribution >= 4 is 11.9 Å². The Morgan fingerprint density at radius 2 is 1.54 bits per heavy atom. The first kappa shape index (κ1) is 27.8. The Hall–Kier alpha value is -3.80. The molecule has 0 aromatic heterocycles. The molecule has 37 heavy (non-hydrogen) atoms. The highest BCUT2D eigenvalue weighted by Crippen LogP contribution is 2.36. The summed E-state index contributed by atoms with van der Waals surface area (Å²) >= 11 is 0. The van der Waals surface area contributed by atoms with Crippen molar-refractivity contribution in [2.45, 2.75) is 52.6 Å². The third-order valence-electron chi connectivity index (χ3n) is 6.19. The molecule has 1 amide bonds. The summed E-state index contributed by atoms with van der Waals surface area (Å²) in [6.45, 7) is 8.74. The molecule has 0 fully saturated rings. The lowest BCUT2D eigenvalue weighted by molar-refractivity contribution is -0.136. The van der Waals surface area contributed by atoms with Crippen LogP contribution in [0.1, 0.15) is 74.0 Å². The number of carbonyl (C=O) groups is 2. The number of aliphatic carboxylic acids is 1. The Kier molecular flexibility index (Phi) is 9.72. The standard InChI is InChI=1S/C31H37NO5/c1-20(2)18-28(24-10-12-25(13-11-24)31(35)32-17-16-30(33)34)37-26-14-15-27(29(19-26)36-5)23-8-6-22(7-9-23)21(3)4/h6-15,19-21,28H,16-18H2,1-5H3,(H,32,35)(H,33,34). The smallest absolute Gasteiger partial charge is 0.305 e. The molecule has 0 saturated carbocycles. The summed E-state index contributed by atoms with van der Waals surface area (Å²) in [6.07, 6.45) is 0.481. The van der Waals surface area contributed by atoms with E-state index in [1.54, 1.807) is 19.2 Å². The number of nitrogens with one attached hydrogen (secondary N) is 1. The van der Waals surface area contributed by atoms with Crippen molar-refractivity contribution < 1.29 is 24.2 Å². The molecule has 0 spiro atoms. The lowest BCUT2D eigenvalue weighted by atomic mass is 9.97. The van der Waals surface area contributed by atoms with Gasteiger partial charge in [0.2, 0.25) is 0 Å². The molecular formula is C31H37NO5. The number of ether oxygens (including phenoxy) is 2. The molecule has 0 aliphatic carbocycles. The molecular weight excluding hydrogens is 466 g/mol. The average molecular weight is 504 g/mol. The molecule has 0 saturated heterocycles. The van der Waals surface area contributed by atoms with Gasteiger partial charge in [-0.25, -0.2) is 0 Å². The van der Waals surface area contributed by atoms with Gasteiger partial charge in [-0.05, 0) is 59.2 Å². The molecule has 0 radical (unpaired) electrons. The summed E-state index contributed by atoms with van der Waals surface area (Å²) in [5.74, 6) is 1.08. The van der Waals surface area contributed by atoms with Crippen molar-refractivity contribution in [1.29, 1.82) is 0 Å². The van der Waals surface area contributed by atoms with Crippen LogP contribution in [0.25, 0.3) is 11.1 Å². The van der Waals surface area contributed by atoms with E-state index in [-0.39, 0.29) is 25.0 Å². The second kappa shape index (κ2) is 12.9. The molecule has 1 unspecified atom stereocenters. The number of benzene rings is 3. The average Bonchev–Trinajstić information content (AvgIpc) is 2.88. The molecule has 0 aliphatic heterocycles. The SMILES string of the molecule is COc1cc(OC(CC(C)C)c2ccc(C(=O)NCCC(=O)O)cc2)ccc1-c1ccc(C(C)C)cc1. The van der Waals surface area contributed by atoms with Crippen LogP contribution in [0.5, 0.6) is 11.5 Å². The van der Waals surface area contributed by atoms with Crippen LogP contribution in [-0.4, -0.2) is 30.6 Å². The van der Waals surface area contributed by atoms with Gasteiger partial charge in [0.1, 0.15) is 17.6 Å². The number of rotatable bonds is 12. The molecule has 0 bridgehead atoms. The highest BCUT2D eigenvalue weighted by atomic mass is 16.5. The predicted octanol–water partition coefficient (Wildman–Crippen LogP) is 6.86. The summed E-state index contributed by atoms with van der Waals surface area (Å²) in [4.78, 5) is 23.0. The first-order valence-electron chi connectivity index (χ1n) is 12.7. The third kappa shape index (κ3) is 7.84. The second-order valence-corrected chi connectivity index (χ2v) is 9.90. The van der Waals surface area contributed by atoms with Gasteiger partial charge < -0.3 is 19.9 Å². The van der Waals surface area contributed by atoms with E-state index in [0.29, 0.717) is 23.1 Å². The van der Waals surface area contributed by atoms with E-state index in [1.807, 2.05) is 30.3 Å². The number of carboxylic acids is 1. The van der Waals surface area contributed by atoms with E-state index >= 15 is 0 Å². The molecule has 6 nitrogen and oxygen atoms in total. The molecule has 2 N–H and O–H groups in total. The van der Waals surface area contributed by atoms with Crippen LogP contribution in [0.4, 0.5) is 0 Å². The topological polar surface area (TPSA) is 84.9 Å². The first-order valence-corrected chi connectivity index (χ1v) is 12.7. The fourth-order valence-electron chi connectivity index (χ4n) is 4.11. The third-order valence-corrected chi connectivity index (χ3v) is 6.19. The van der Waals surface area contributed by atoms with Gasteiger partial charge in [-0.15, -0.1) is 0 Å². The van der Waals surface area contributed by atoms with Crippen molar-refractivity contribution in [1.82, 2.24) is 5.32 Å². The Morgan fingerprint density at radius 3 is 2.11 bits per heavy atom. The number of carbonyl (C=O) groups excluding carboxylic acids is 1. The van der Waals surface area contributed by atoms with Gasteiger partial charge in [0.15, 0.2) is 0 Å². The predicted molar refractivity (Wildman–Crippen MR) is 146 cm³/mol. The zero-order valence-corrected chi connectivity index (χ0v) is 22.3. The van der Waals surface area contributed by atoms with Crippen LogP contribution in [0.3, 0.4) is 0 Å². The van der Waals surface area contributed by atoms with Crippen molar-refractivity contribution in [3.05, 3.63) is 83.4 Å². The molecule has 3 aromatic rings. The van der Waals surface area contributed by atoms with Gasteiger partial charge in [0.25, 0.3) is 5.91 Å². The Labute approximate surface area is 219 Å². The van der Waals surface area contributed by atoms with Crippen LogP contribution in [0.15, 0.2) is 66.7 Å². The zero-order chi connectivity index (χ0) is 26.9. The highest BCUT2D eigenvalue weighted by molar-refractivity contribution is 5.94. The molecule has 196 valence electrons. The van der Waals surface area contributed by atoms with Gasteiger partial charge >= 0.3 is 5.97 Å². The number of hydrogen-bond acceptors (Lipinski definition) is 4. The van der Waals surface area contributed by atoms with Crippen LogP contribution < -0.4 is 14.8 Å². The summed E-state index contributed by atoms with van der Waals surface area (Å²) in [6, 6.07) is 21.7. The Balaban J connectivity index is 1.78. The van der Waals surface area contributed by atoms with Gasteiger partial charge in [-0.1, -0.05) is 64.1 Å². The number of amides is 1. The van der Waals surface area contributed by atoms with Gasteiger partial charge in [-0.2, -0.15) is 0 Å². The summed E-state index contributed by atoms with van der Waals surface area (Å²) in [5.41, 5.74) is 4.82. The van der Waals surface area contributed by atoms with E-state index in [2.05, 4.69) is 57.3 Å². The van der Waals surface area contributed by atoms with Gasteiger partial charge in [0.05, 0.1) is 13.5 Å². The molecule has 0 heterocycles. The maximum Gasteiger partial charge on any atom is 0.305 e. The largest absolute Gasteiger partial charge is 0.496 e. The van der Waals surface area contributed by atoms with Gasteiger partial charge in [-0.3, -0.25) is 9.59 Å².